The third kappa shape index (κ3) is 1.97. The van der Waals surface area contributed by atoms with Crippen LogP contribution < -0.4 is 4.74 Å². The highest BCUT2D eigenvalue weighted by atomic mass is 79.9. The van der Waals surface area contributed by atoms with E-state index in [9.17, 15) is 4.39 Å². The molecule has 1 aromatic carbocycles. The molecule has 0 spiro atoms. The molecule has 1 aliphatic heterocycles. The Kier molecular flexibility index (Phi) is 2.99. The van der Waals surface area contributed by atoms with Crippen LogP contribution in [0, 0.1) is 11.2 Å². The van der Waals surface area contributed by atoms with Gasteiger partial charge in [-0.25, -0.2) is 4.39 Å². The molecule has 0 saturated heterocycles. The lowest BCUT2D eigenvalue weighted by Crippen LogP contribution is -2.29. The van der Waals surface area contributed by atoms with E-state index >= 15 is 0 Å². The molecule has 0 bridgehead atoms. The lowest BCUT2D eigenvalue weighted by molar-refractivity contribution is 0.151. The van der Waals surface area contributed by atoms with Crippen LogP contribution in [0.1, 0.15) is 31.9 Å². The quantitative estimate of drug-likeness (QED) is 0.755. The van der Waals surface area contributed by atoms with Crippen molar-refractivity contribution >= 4 is 15.9 Å². The summed E-state index contributed by atoms with van der Waals surface area (Å²) < 4.78 is 20.7. The maximum atomic E-state index is 14.2. The number of halogens is 2. The number of fused-ring (bicyclic) bond motifs is 1. The van der Waals surface area contributed by atoms with Crippen molar-refractivity contribution in [3.8, 4) is 5.75 Å². The topological polar surface area (TPSA) is 9.23 Å². The summed E-state index contributed by atoms with van der Waals surface area (Å²) >= 11 is 3.39. The van der Waals surface area contributed by atoms with Crippen LogP contribution in [0.15, 0.2) is 10.5 Å². The van der Waals surface area contributed by atoms with E-state index in [1.165, 1.54) is 0 Å². The Labute approximate surface area is 104 Å². The van der Waals surface area contributed by atoms with Crippen molar-refractivity contribution in [2.75, 3.05) is 6.61 Å². The highest BCUT2D eigenvalue weighted by Gasteiger charge is 2.30. The van der Waals surface area contributed by atoms with Crippen LogP contribution in [0.5, 0.6) is 5.75 Å². The Bertz CT molecular complexity index is 426. The van der Waals surface area contributed by atoms with Crippen molar-refractivity contribution in [3.05, 3.63) is 27.5 Å². The number of benzene rings is 1. The second-order valence-electron chi connectivity index (χ2n) is 5.11. The maximum Gasteiger partial charge on any atom is 0.134 e. The molecule has 0 fully saturated rings. The van der Waals surface area contributed by atoms with Gasteiger partial charge in [0.15, 0.2) is 0 Å². The predicted octanol–water partition coefficient (Wildman–Crippen LogP) is 4.11. The molecule has 1 nitrogen and oxygen atoms in total. The number of hydrogen-bond donors (Lipinski definition) is 0. The summed E-state index contributed by atoms with van der Waals surface area (Å²) in [5.41, 5.74) is 1.50. The smallest absolute Gasteiger partial charge is 0.134 e. The van der Waals surface area contributed by atoms with Gasteiger partial charge in [0.25, 0.3) is 0 Å². The molecule has 16 heavy (non-hydrogen) atoms. The van der Waals surface area contributed by atoms with Crippen LogP contribution in [0.4, 0.5) is 4.39 Å². The van der Waals surface area contributed by atoms with E-state index in [0.29, 0.717) is 18.8 Å². The molecule has 88 valence electrons. The molecule has 2 rings (SSSR count). The minimum Gasteiger partial charge on any atom is -0.493 e. The first-order valence-corrected chi connectivity index (χ1v) is 6.36. The Hall–Kier alpha value is -0.570. The van der Waals surface area contributed by atoms with Crippen LogP contribution in [0.25, 0.3) is 0 Å². The first kappa shape index (κ1) is 11.9. The van der Waals surface area contributed by atoms with Crippen LogP contribution in [-0.2, 0) is 12.8 Å². The summed E-state index contributed by atoms with van der Waals surface area (Å²) in [4.78, 5) is 0. The fraction of sp³-hybridized carbons (Fsp3) is 0.538. The van der Waals surface area contributed by atoms with Crippen LogP contribution in [-0.4, -0.2) is 6.61 Å². The summed E-state index contributed by atoms with van der Waals surface area (Å²) in [5.74, 6) is 0.598. The largest absolute Gasteiger partial charge is 0.493 e. The highest BCUT2D eigenvalue weighted by Crippen LogP contribution is 2.39. The first-order valence-electron chi connectivity index (χ1n) is 5.57. The molecule has 1 aliphatic rings. The summed E-state index contributed by atoms with van der Waals surface area (Å²) in [7, 11) is 0. The fourth-order valence-corrected chi connectivity index (χ4v) is 2.77. The summed E-state index contributed by atoms with van der Waals surface area (Å²) in [6.45, 7) is 6.81. The Morgan fingerprint density at radius 3 is 2.81 bits per heavy atom. The molecule has 0 aromatic heterocycles. The SMILES string of the molecule is CCc1c(Br)cc2c(c1F)CC(C)(C)CO2. The zero-order valence-electron chi connectivity index (χ0n) is 9.86. The van der Waals surface area contributed by atoms with Gasteiger partial charge in [0.2, 0.25) is 0 Å². The van der Waals surface area contributed by atoms with Gasteiger partial charge in [-0.15, -0.1) is 0 Å². The summed E-state index contributed by atoms with van der Waals surface area (Å²) in [6, 6.07) is 1.90. The summed E-state index contributed by atoms with van der Waals surface area (Å²) in [5, 5.41) is 0. The molecule has 0 unspecified atom stereocenters. The molecule has 0 atom stereocenters. The van der Waals surface area contributed by atoms with Gasteiger partial charge in [-0.2, -0.15) is 0 Å². The van der Waals surface area contributed by atoms with Crippen molar-refractivity contribution in [1.82, 2.24) is 0 Å². The predicted molar refractivity (Wildman–Crippen MR) is 66.5 cm³/mol. The normalized spacial score (nSPS) is 17.8. The Morgan fingerprint density at radius 1 is 1.50 bits per heavy atom. The Balaban J connectivity index is 2.54. The van der Waals surface area contributed by atoms with Crippen LogP contribution in [0.3, 0.4) is 0 Å². The number of hydrogen-bond acceptors (Lipinski definition) is 1. The van der Waals surface area contributed by atoms with Gasteiger partial charge in [0, 0.05) is 21.0 Å². The minimum absolute atomic E-state index is 0.0205. The third-order valence-electron chi connectivity index (χ3n) is 3.00. The van der Waals surface area contributed by atoms with Gasteiger partial charge in [-0.1, -0.05) is 36.7 Å². The van der Waals surface area contributed by atoms with Crippen molar-refractivity contribution < 1.29 is 9.13 Å². The third-order valence-corrected chi connectivity index (χ3v) is 3.71. The molecule has 1 aromatic rings. The fourth-order valence-electron chi connectivity index (χ4n) is 2.10. The highest BCUT2D eigenvalue weighted by molar-refractivity contribution is 9.10. The molecular weight excluding hydrogens is 271 g/mol. The van der Waals surface area contributed by atoms with Gasteiger partial charge in [-0.3, -0.25) is 0 Å². The zero-order valence-corrected chi connectivity index (χ0v) is 11.4. The van der Waals surface area contributed by atoms with E-state index in [1.54, 1.807) is 0 Å². The van der Waals surface area contributed by atoms with E-state index in [1.807, 2.05) is 13.0 Å². The number of ether oxygens (including phenoxy) is 1. The molecule has 0 N–H and O–H groups in total. The second kappa shape index (κ2) is 4.02. The van der Waals surface area contributed by atoms with Gasteiger partial charge in [0.1, 0.15) is 11.6 Å². The molecule has 1 heterocycles. The zero-order chi connectivity index (χ0) is 11.9. The minimum atomic E-state index is -0.0975. The van der Waals surface area contributed by atoms with Gasteiger partial charge in [0.05, 0.1) is 6.61 Å². The molecule has 0 amide bonds. The van der Waals surface area contributed by atoms with Crippen molar-refractivity contribution in [3.63, 3.8) is 0 Å². The Morgan fingerprint density at radius 2 is 2.19 bits per heavy atom. The maximum absolute atomic E-state index is 14.2. The lowest BCUT2D eigenvalue weighted by atomic mass is 9.83. The number of rotatable bonds is 1. The first-order chi connectivity index (χ1) is 7.44. The van der Waals surface area contributed by atoms with Gasteiger partial charge in [-0.05, 0) is 18.9 Å². The summed E-state index contributed by atoms with van der Waals surface area (Å²) in [6.07, 6.45) is 1.44. The lowest BCUT2D eigenvalue weighted by Gasteiger charge is -2.32. The second-order valence-corrected chi connectivity index (χ2v) is 5.97. The van der Waals surface area contributed by atoms with Crippen molar-refractivity contribution in [2.45, 2.75) is 33.6 Å². The molecule has 0 saturated carbocycles. The monoisotopic (exact) mass is 286 g/mol. The molecular formula is C13H16BrFO. The van der Waals surface area contributed by atoms with Gasteiger partial charge >= 0.3 is 0 Å². The van der Waals surface area contributed by atoms with Crippen molar-refractivity contribution in [2.24, 2.45) is 5.41 Å². The molecule has 0 aliphatic carbocycles. The average molecular weight is 287 g/mol. The van der Waals surface area contributed by atoms with E-state index in [2.05, 4.69) is 29.8 Å². The van der Waals surface area contributed by atoms with Crippen molar-refractivity contribution in [1.29, 1.82) is 0 Å². The van der Waals surface area contributed by atoms with E-state index < -0.39 is 0 Å². The standard InChI is InChI=1S/C13H16BrFO/c1-4-8-10(14)5-11-9(12(8)15)6-13(2,3)7-16-11/h5H,4,6-7H2,1-3H3. The van der Waals surface area contributed by atoms with Crippen LogP contribution >= 0.6 is 15.9 Å². The van der Waals surface area contributed by atoms with E-state index in [4.69, 9.17) is 4.74 Å². The van der Waals surface area contributed by atoms with E-state index in [0.717, 1.165) is 22.0 Å². The average Bonchev–Trinajstić information content (AvgIpc) is 2.20. The molecule has 0 radical (unpaired) electrons. The van der Waals surface area contributed by atoms with E-state index in [-0.39, 0.29) is 11.2 Å². The van der Waals surface area contributed by atoms with Gasteiger partial charge < -0.3 is 4.74 Å². The molecule has 3 heteroatoms. The van der Waals surface area contributed by atoms with Crippen LogP contribution in [0.2, 0.25) is 0 Å².